The van der Waals surface area contributed by atoms with Gasteiger partial charge in [-0.25, -0.2) is 4.79 Å². The Bertz CT molecular complexity index is 479. The zero-order chi connectivity index (χ0) is 13.8. The molecule has 0 spiro atoms. The Morgan fingerprint density at radius 1 is 1.22 bits per heavy atom. The standard InChI is InChI=1S/C15H18O3/c1-11-5-6-12(13(9-11)10-16)7-8-14(17)18-15(2,3)4/h5-10H,1-4H3/b8-7+. The molecule has 0 heterocycles. The number of hydrogen-bond donors (Lipinski definition) is 0. The molecule has 0 radical (unpaired) electrons. The van der Waals surface area contributed by atoms with E-state index in [1.165, 1.54) is 6.08 Å². The number of ether oxygens (including phenoxy) is 1. The van der Waals surface area contributed by atoms with Gasteiger partial charge in [-0.15, -0.1) is 0 Å². The van der Waals surface area contributed by atoms with Crippen molar-refractivity contribution in [2.45, 2.75) is 33.3 Å². The van der Waals surface area contributed by atoms with Crippen molar-refractivity contribution in [2.75, 3.05) is 0 Å². The molecule has 0 aliphatic carbocycles. The number of rotatable bonds is 3. The highest BCUT2D eigenvalue weighted by Crippen LogP contribution is 2.13. The van der Waals surface area contributed by atoms with Crippen LogP contribution in [0.25, 0.3) is 6.08 Å². The molecule has 0 saturated heterocycles. The largest absolute Gasteiger partial charge is 0.457 e. The first kappa shape index (κ1) is 14.2. The van der Waals surface area contributed by atoms with Crippen molar-refractivity contribution in [1.29, 1.82) is 0 Å². The van der Waals surface area contributed by atoms with E-state index in [4.69, 9.17) is 4.74 Å². The zero-order valence-corrected chi connectivity index (χ0v) is 11.2. The van der Waals surface area contributed by atoms with Crippen LogP contribution in [0, 0.1) is 6.92 Å². The fourth-order valence-electron chi connectivity index (χ4n) is 1.44. The molecule has 0 aliphatic rings. The summed E-state index contributed by atoms with van der Waals surface area (Å²) in [5, 5.41) is 0. The van der Waals surface area contributed by atoms with Crippen molar-refractivity contribution in [3.63, 3.8) is 0 Å². The summed E-state index contributed by atoms with van der Waals surface area (Å²) in [6, 6.07) is 5.48. The summed E-state index contributed by atoms with van der Waals surface area (Å²) in [4.78, 5) is 22.4. The Kier molecular flexibility index (Phi) is 4.43. The van der Waals surface area contributed by atoms with Gasteiger partial charge in [0.25, 0.3) is 0 Å². The van der Waals surface area contributed by atoms with E-state index in [9.17, 15) is 9.59 Å². The average molecular weight is 246 g/mol. The third-order valence-electron chi connectivity index (χ3n) is 2.18. The van der Waals surface area contributed by atoms with Crippen molar-refractivity contribution in [2.24, 2.45) is 0 Å². The Balaban J connectivity index is 2.84. The molecule has 1 rings (SSSR count). The lowest BCUT2D eigenvalue weighted by molar-refractivity contribution is -0.148. The smallest absolute Gasteiger partial charge is 0.331 e. The van der Waals surface area contributed by atoms with Crippen molar-refractivity contribution in [3.05, 3.63) is 41.0 Å². The number of esters is 1. The quantitative estimate of drug-likeness (QED) is 0.467. The number of carbonyl (C=O) groups is 2. The first-order valence-corrected chi connectivity index (χ1v) is 5.79. The first-order valence-electron chi connectivity index (χ1n) is 5.79. The van der Waals surface area contributed by atoms with Crippen LogP contribution in [0.2, 0.25) is 0 Å². The number of carbonyl (C=O) groups excluding carboxylic acids is 2. The van der Waals surface area contributed by atoms with Gasteiger partial charge in [0.1, 0.15) is 5.60 Å². The lowest BCUT2D eigenvalue weighted by Crippen LogP contribution is -2.22. The second-order valence-corrected chi connectivity index (χ2v) is 5.12. The summed E-state index contributed by atoms with van der Waals surface area (Å²) >= 11 is 0. The van der Waals surface area contributed by atoms with Crippen LogP contribution in [-0.2, 0) is 9.53 Å². The molecule has 18 heavy (non-hydrogen) atoms. The summed E-state index contributed by atoms with van der Waals surface area (Å²) in [7, 11) is 0. The van der Waals surface area contributed by atoms with Crippen molar-refractivity contribution >= 4 is 18.3 Å². The third kappa shape index (κ3) is 4.53. The van der Waals surface area contributed by atoms with Crippen LogP contribution >= 0.6 is 0 Å². The van der Waals surface area contributed by atoms with E-state index in [2.05, 4.69) is 0 Å². The second-order valence-electron chi connectivity index (χ2n) is 5.12. The van der Waals surface area contributed by atoms with E-state index in [-0.39, 0.29) is 0 Å². The van der Waals surface area contributed by atoms with Crippen molar-refractivity contribution in [3.8, 4) is 0 Å². The maximum Gasteiger partial charge on any atom is 0.331 e. The fourth-order valence-corrected chi connectivity index (χ4v) is 1.44. The third-order valence-corrected chi connectivity index (χ3v) is 2.18. The van der Waals surface area contributed by atoms with Crippen LogP contribution in [0.1, 0.15) is 42.3 Å². The maximum absolute atomic E-state index is 11.5. The predicted molar refractivity (Wildman–Crippen MR) is 71.4 cm³/mol. The Morgan fingerprint density at radius 2 is 1.89 bits per heavy atom. The number of aldehydes is 1. The van der Waals surface area contributed by atoms with Gasteiger partial charge in [0.05, 0.1) is 0 Å². The molecule has 0 atom stereocenters. The second kappa shape index (κ2) is 5.63. The number of benzene rings is 1. The van der Waals surface area contributed by atoms with Crippen LogP contribution in [-0.4, -0.2) is 17.9 Å². The highest BCUT2D eigenvalue weighted by atomic mass is 16.6. The zero-order valence-electron chi connectivity index (χ0n) is 11.2. The molecular weight excluding hydrogens is 228 g/mol. The van der Waals surface area contributed by atoms with Crippen molar-refractivity contribution < 1.29 is 14.3 Å². The topological polar surface area (TPSA) is 43.4 Å². The van der Waals surface area contributed by atoms with Gasteiger partial charge >= 0.3 is 5.97 Å². The van der Waals surface area contributed by atoms with Gasteiger partial charge in [-0.05, 0) is 45.4 Å². The lowest BCUT2D eigenvalue weighted by atomic mass is 10.1. The summed E-state index contributed by atoms with van der Waals surface area (Å²) < 4.78 is 5.14. The molecule has 0 aliphatic heterocycles. The molecule has 3 heteroatoms. The van der Waals surface area contributed by atoms with Gasteiger partial charge in [0.2, 0.25) is 0 Å². The normalized spacial score (nSPS) is 11.6. The van der Waals surface area contributed by atoms with E-state index in [0.29, 0.717) is 11.1 Å². The summed E-state index contributed by atoms with van der Waals surface area (Å²) in [5.74, 6) is -0.417. The maximum atomic E-state index is 11.5. The van der Waals surface area contributed by atoms with Crippen LogP contribution in [0.3, 0.4) is 0 Å². The van der Waals surface area contributed by atoms with Gasteiger partial charge in [0, 0.05) is 11.6 Å². The fraction of sp³-hybridized carbons (Fsp3) is 0.333. The van der Waals surface area contributed by atoms with Crippen LogP contribution in [0.5, 0.6) is 0 Å². The minimum absolute atomic E-state index is 0.417. The molecule has 0 aromatic heterocycles. The summed E-state index contributed by atoms with van der Waals surface area (Å²) in [5.41, 5.74) is 1.77. The lowest BCUT2D eigenvalue weighted by Gasteiger charge is -2.17. The summed E-state index contributed by atoms with van der Waals surface area (Å²) in [6.45, 7) is 7.33. The predicted octanol–water partition coefficient (Wildman–Crippen LogP) is 3.16. The number of hydrogen-bond acceptors (Lipinski definition) is 3. The summed E-state index contributed by atoms with van der Waals surface area (Å²) in [6.07, 6.45) is 3.71. The minimum Gasteiger partial charge on any atom is -0.457 e. The van der Waals surface area contributed by atoms with Gasteiger partial charge in [0.15, 0.2) is 6.29 Å². The molecule has 0 unspecified atom stereocenters. The van der Waals surface area contributed by atoms with E-state index in [1.807, 2.05) is 33.8 Å². The highest BCUT2D eigenvalue weighted by molar-refractivity contribution is 5.90. The Hall–Kier alpha value is -1.90. The molecule has 96 valence electrons. The van der Waals surface area contributed by atoms with Gasteiger partial charge in [-0.3, -0.25) is 4.79 Å². The van der Waals surface area contributed by atoms with E-state index < -0.39 is 11.6 Å². The minimum atomic E-state index is -0.512. The molecule has 0 saturated carbocycles. The van der Waals surface area contributed by atoms with Gasteiger partial charge in [-0.2, -0.15) is 0 Å². The van der Waals surface area contributed by atoms with Gasteiger partial charge in [-0.1, -0.05) is 17.7 Å². The molecule has 0 fully saturated rings. The molecular formula is C15H18O3. The van der Waals surface area contributed by atoms with Gasteiger partial charge < -0.3 is 4.74 Å². The number of aryl methyl sites for hydroxylation is 1. The van der Waals surface area contributed by atoms with Crippen LogP contribution < -0.4 is 0 Å². The average Bonchev–Trinajstić information content (AvgIpc) is 2.24. The highest BCUT2D eigenvalue weighted by Gasteiger charge is 2.13. The molecule has 3 nitrogen and oxygen atoms in total. The van der Waals surface area contributed by atoms with E-state index in [1.54, 1.807) is 18.2 Å². The van der Waals surface area contributed by atoms with E-state index >= 15 is 0 Å². The monoisotopic (exact) mass is 246 g/mol. The molecule has 1 aromatic carbocycles. The molecule has 1 aromatic rings. The van der Waals surface area contributed by atoms with Crippen molar-refractivity contribution in [1.82, 2.24) is 0 Å². The van der Waals surface area contributed by atoms with E-state index in [0.717, 1.165) is 11.8 Å². The molecule has 0 N–H and O–H groups in total. The Morgan fingerprint density at radius 3 is 2.44 bits per heavy atom. The molecule has 0 bridgehead atoms. The van der Waals surface area contributed by atoms with Crippen LogP contribution in [0.15, 0.2) is 24.3 Å². The SMILES string of the molecule is Cc1ccc(/C=C/C(=O)OC(C)(C)C)c(C=O)c1. The van der Waals surface area contributed by atoms with Crippen LogP contribution in [0.4, 0.5) is 0 Å². The molecule has 0 amide bonds. The Labute approximate surface area is 107 Å². The first-order chi connectivity index (χ1) is 8.31.